The highest BCUT2D eigenvalue weighted by Crippen LogP contribution is 2.33. The Morgan fingerprint density at radius 1 is 1.20 bits per heavy atom. The van der Waals surface area contributed by atoms with Crippen molar-refractivity contribution in [1.82, 2.24) is 0 Å². The van der Waals surface area contributed by atoms with Gasteiger partial charge >= 0.3 is 5.97 Å². The van der Waals surface area contributed by atoms with Crippen molar-refractivity contribution in [3.8, 4) is 0 Å². The average Bonchev–Trinajstić information content (AvgIpc) is 3.08. The highest BCUT2D eigenvalue weighted by Gasteiger charge is 2.25. The van der Waals surface area contributed by atoms with Crippen molar-refractivity contribution in [3.05, 3.63) is 59.7 Å². The summed E-state index contributed by atoms with van der Waals surface area (Å²) in [5.41, 5.74) is 9.00. The molecule has 2 aromatic rings. The van der Waals surface area contributed by atoms with E-state index in [1.165, 1.54) is 4.31 Å². The van der Waals surface area contributed by atoms with Crippen LogP contribution in [-0.2, 0) is 19.6 Å². The van der Waals surface area contributed by atoms with E-state index in [0.29, 0.717) is 35.5 Å². The molecule has 35 heavy (non-hydrogen) atoms. The van der Waals surface area contributed by atoms with Crippen LogP contribution in [0.2, 0.25) is 0 Å². The van der Waals surface area contributed by atoms with E-state index in [9.17, 15) is 18.0 Å². The van der Waals surface area contributed by atoms with Crippen LogP contribution < -0.4 is 20.7 Å². The monoisotopic (exact) mass is 500 g/mol. The first-order valence-corrected chi connectivity index (χ1v) is 13.2. The lowest BCUT2D eigenvalue weighted by Crippen LogP contribution is -2.47. The number of ether oxygens (including phenoxy) is 1. The Balaban J connectivity index is 1.63. The first kappa shape index (κ1) is 26.2. The number of carbonyl (C=O) groups is 2. The number of hydrogen-bond acceptors (Lipinski definition) is 7. The number of amides is 1. The molecule has 0 radical (unpaired) electrons. The molecule has 3 rings (SSSR count). The Morgan fingerprint density at radius 3 is 2.49 bits per heavy atom. The molecule has 1 heterocycles. The molecule has 0 saturated heterocycles. The summed E-state index contributed by atoms with van der Waals surface area (Å²) in [4.78, 5) is 24.3. The normalized spacial score (nSPS) is 14.4. The third-order valence-electron chi connectivity index (χ3n) is 5.24. The van der Waals surface area contributed by atoms with E-state index < -0.39 is 21.5 Å². The van der Waals surface area contributed by atoms with Crippen molar-refractivity contribution in [2.75, 3.05) is 40.9 Å². The van der Waals surface area contributed by atoms with E-state index >= 15 is 0 Å². The van der Waals surface area contributed by atoms with Crippen molar-refractivity contribution in [1.29, 1.82) is 0 Å². The molecule has 0 aliphatic carbocycles. The predicted molar refractivity (Wildman–Crippen MR) is 139 cm³/mol. The summed E-state index contributed by atoms with van der Waals surface area (Å²) >= 11 is 0. The van der Waals surface area contributed by atoms with Gasteiger partial charge in [0.25, 0.3) is 5.91 Å². The van der Waals surface area contributed by atoms with Crippen molar-refractivity contribution in [3.63, 3.8) is 0 Å². The van der Waals surface area contributed by atoms with Crippen LogP contribution >= 0.6 is 0 Å². The minimum atomic E-state index is -3.47. The standard InChI is InChI=1S/C25H32N4O5S/c1-5-34-24(31)17-8-13-20-21(23(30)28-22(20)15-17)7-6-14-27-18-9-11-19(12-10-18)29(35(4,32)33)16-25(2,3)26/h7-13,15,27H,5-6,14,16,26H2,1-4H3,(H,28,30). The molecule has 0 unspecified atom stereocenters. The van der Waals surface area contributed by atoms with Crippen LogP contribution in [0, 0.1) is 0 Å². The van der Waals surface area contributed by atoms with Gasteiger partial charge < -0.3 is 21.1 Å². The molecule has 0 saturated carbocycles. The van der Waals surface area contributed by atoms with E-state index in [4.69, 9.17) is 10.5 Å². The number of benzene rings is 2. The first-order valence-electron chi connectivity index (χ1n) is 11.3. The number of fused-ring (bicyclic) bond motifs is 1. The number of nitrogens with one attached hydrogen (secondary N) is 2. The molecule has 0 aromatic heterocycles. The van der Waals surface area contributed by atoms with Crippen LogP contribution in [0.3, 0.4) is 0 Å². The number of hydrogen-bond donors (Lipinski definition) is 3. The van der Waals surface area contributed by atoms with Crippen LogP contribution in [0.1, 0.15) is 43.1 Å². The summed E-state index contributed by atoms with van der Waals surface area (Å²) < 4.78 is 30.7. The summed E-state index contributed by atoms with van der Waals surface area (Å²) in [5.74, 6) is -0.641. The Hall–Kier alpha value is -3.37. The number of carbonyl (C=O) groups excluding carboxylic acids is 2. The van der Waals surface area contributed by atoms with Gasteiger partial charge in [0.1, 0.15) is 0 Å². The summed E-state index contributed by atoms with van der Waals surface area (Å²) in [6, 6.07) is 12.1. The first-order chi connectivity index (χ1) is 16.4. The number of anilines is 3. The molecule has 0 fully saturated rings. The lowest BCUT2D eigenvalue weighted by atomic mass is 10.0. The third kappa shape index (κ3) is 6.83. The molecule has 188 valence electrons. The fourth-order valence-electron chi connectivity index (χ4n) is 3.69. The van der Waals surface area contributed by atoms with E-state index in [0.717, 1.165) is 17.5 Å². The van der Waals surface area contributed by atoms with Gasteiger partial charge in [-0.25, -0.2) is 13.2 Å². The van der Waals surface area contributed by atoms with E-state index in [1.807, 2.05) is 6.08 Å². The largest absolute Gasteiger partial charge is 0.462 e. The van der Waals surface area contributed by atoms with E-state index in [1.54, 1.807) is 63.2 Å². The van der Waals surface area contributed by atoms with E-state index in [-0.39, 0.29) is 19.1 Å². The molecule has 1 amide bonds. The number of nitrogens with two attached hydrogens (primary N) is 1. The molecule has 4 N–H and O–H groups in total. The van der Waals surface area contributed by atoms with Crippen molar-refractivity contribution >= 4 is 44.5 Å². The number of sulfonamides is 1. The van der Waals surface area contributed by atoms with Crippen LogP contribution in [0.15, 0.2) is 48.5 Å². The Kier molecular flexibility index (Phi) is 7.86. The van der Waals surface area contributed by atoms with Crippen LogP contribution in [-0.4, -0.2) is 51.8 Å². The van der Waals surface area contributed by atoms with Crippen molar-refractivity contribution < 1.29 is 22.7 Å². The maximum absolute atomic E-state index is 12.4. The second kappa shape index (κ2) is 10.5. The number of esters is 1. The second-order valence-corrected chi connectivity index (χ2v) is 11.0. The Labute approximate surface area is 206 Å². The van der Waals surface area contributed by atoms with Crippen LogP contribution in [0.4, 0.5) is 17.1 Å². The summed E-state index contributed by atoms with van der Waals surface area (Å²) in [6.07, 6.45) is 3.59. The van der Waals surface area contributed by atoms with Gasteiger partial charge in [0.15, 0.2) is 0 Å². The molecule has 0 spiro atoms. The van der Waals surface area contributed by atoms with Crippen molar-refractivity contribution in [2.24, 2.45) is 5.73 Å². The molecule has 1 aliphatic heterocycles. The second-order valence-electron chi connectivity index (χ2n) is 9.07. The quantitative estimate of drug-likeness (QED) is 0.259. The van der Waals surface area contributed by atoms with Gasteiger partial charge in [-0.3, -0.25) is 9.10 Å². The van der Waals surface area contributed by atoms with Crippen LogP contribution in [0.25, 0.3) is 5.57 Å². The molecule has 0 atom stereocenters. The smallest absolute Gasteiger partial charge is 0.338 e. The van der Waals surface area contributed by atoms with Gasteiger partial charge in [0, 0.05) is 34.6 Å². The van der Waals surface area contributed by atoms with Gasteiger partial charge in [0.05, 0.1) is 30.7 Å². The zero-order chi connectivity index (χ0) is 25.8. The summed E-state index contributed by atoms with van der Waals surface area (Å²) in [6.45, 7) is 6.30. The van der Waals surface area contributed by atoms with Gasteiger partial charge in [-0.15, -0.1) is 0 Å². The predicted octanol–water partition coefficient (Wildman–Crippen LogP) is 3.20. The maximum Gasteiger partial charge on any atom is 0.338 e. The van der Waals surface area contributed by atoms with Gasteiger partial charge in [-0.05, 0) is 63.6 Å². The highest BCUT2D eigenvalue weighted by molar-refractivity contribution is 7.92. The molecule has 10 heteroatoms. The maximum atomic E-state index is 12.4. The van der Waals surface area contributed by atoms with Gasteiger partial charge in [0.2, 0.25) is 10.0 Å². The summed E-state index contributed by atoms with van der Waals surface area (Å²) in [5, 5.41) is 6.06. The van der Waals surface area contributed by atoms with E-state index in [2.05, 4.69) is 10.6 Å². The Morgan fingerprint density at radius 2 is 1.89 bits per heavy atom. The minimum absolute atomic E-state index is 0.164. The molecule has 9 nitrogen and oxygen atoms in total. The Bertz CT molecular complexity index is 1230. The third-order valence-corrected chi connectivity index (χ3v) is 6.38. The molecule has 2 aromatic carbocycles. The lowest BCUT2D eigenvalue weighted by Gasteiger charge is -2.29. The highest BCUT2D eigenvalue weighted by atomic mass is 32.2. The number of rotatable bonds is 10. The zero-order valence-electron chi connectivity index (χ0n) is 20.4. The zero-order valence-corrected chi connectivity index (χ0v) is 21.2. The minimum Gasteiger partial charge on any atom is -0.462 e. The van der Waals surface area contributed by atoms with Crippen LogP contribution in [0.5, 0.6) is 0 Å². The molecule has 1 aliphatic rings. The van der Waals surface area contributed by atoms with Gasteiger partial charge in [-0.2, -0.15) is 0 Å². The molecular formula is C25H32N4O5S. The average molecular weight is 501 g/mol. The topological polar surface area (TPSA) is 131 Å². The summed E-state index contributed by atoms with van der Waals surface area (Å²) in [7, 11) is -3.47. The van der Waals surface area contributed by atoms with Crippen molar-refractivity contribution in [2.45, 2.75) is 32.7 Å². The lowest BCUT2D eigenvalue weighted by molar-refractivity contribution is -0.110. The fraction of sp³-hybridized carbons (Fsp3) is 0.360. The van der Waals surface area contributed by atoms with Gasteiger partial charge in [-0.1, -0.05) is 12.1 Å². The molecule has 0 bridgehead atoms. The number of nitrogens with zero attached hydrogens (tertiary/aromatic N) is 1. The SMILES string of the molecule is CCOC(=O)c1ccc2c(c1)NC(=O)C2=CCCNc1ccc(N(CC(C)(C)N)S(C)(=O)=O)cc1. The fourth-order valence-corrected chi connectivity index (χ4v) is 4.76. The molecular weight excluding hydrogens is 468 g/mol.